The summed E-state index contributed by atoms with van der Waals surface area (Å²) in [5.41, 5.74) is -0.889. The quantitative estimate of drug-likeness (QED) is 0.834. The largest absolute Gasteiger partial charge is 0.465 e. The minimum absolute atomic E-state index is 0.131. The predicted molar refractivity (Wildman–Crippen MR) is 62.4 cm³/mol. The molecule has 1 fully saturated rings. The van der Waals surface area contributed by atoms with Crippen LogP contribution in [0.15, 0.2) is 11.0 Å². The van der Waals surface area contributed by atoms with Crippen LogP contribution in [0.3, 0.4) is 0 Å². The van der Waals surface area contributed by atoms with Gasteiger partial charge in [-0.15, -0.1) is 0 Å². The summed E-state index contributed by atoms with van der Waals surface area (Å²) >= 11 is 0. The van der Waals surface area contributed by atoms with Crippen molar-refractivity contribution in [2.75, 3.05) is 7.11 Å². The fraction of sp³-hybridized carbons (Fsp3) is 0.583. The molecule has 0 bridgehead atoms. The van der Waals surface area contributed by atoms with E-state index in [2.05, 4.69) is 14.7 Å². The molecule has 1 aliphatic carbocycles. The van der Waals surface area contributed by atoms with E-state index >= 15 is 0 Å². The van der Waals surface area contributed by atoms with Gasteiger partial charge in [-0.3, -0.25) is 4.79 Å². The van der Waals surface area contributed by atoms with Crippen LogP contribution < -0.4 is 5.56 Å². The number of carbonyl (C=O) groups excluding carboxylic acids is 1. The van der Waals surface area contributed by atoms with E-state index in [1.807, 2.05) is 0 Å². The molecule has 0 spiro atoms. The molecule has 1 heterocycles. The van der Waals surface area contributed by atoms with Crippen LogP contribution in [0, 0.1) is 0 Å². The Bertz CT molecular complexity index is 542. The average molecular weight is 272 g/mol. The lowest BCUT2D eigenvalue weighted by Gasteiger charge is -2.28. The lowest BCUT2D eigenvalue weighted by molar-refractivity contribution is -0.0417. The molecular formula is C12H14F2N2O3. The number of nitrogens with one attached hydrogen (secondary N) is 1. The van der Waals surface area contributed by atoms with Gasteiger partial charge in [0.1, 0.15) is 11.4 Å². The van der Waals surface area contributed by atoms with Gasteiger partial charge in [-0.2, -0.15) is 0 Å². The third-order valence-electron chi connectivity index (χ3n) is 3.25. The summed E-state index contributed by atoms with van der Waals surface area (Å²) in [6.45, 7) is 0. The standard InChI is InChI=1S/C12H14F2N2O3/c1-19-11(18)8-6-15-9(16-10(8)17)7-3-2-4-12(13,14)5-7/h6-7H,2-5H2,1H3,(H,15,16,17). The van der Waals surface area contributed by atoms with Crippen LogP contribution in [0.2, 0.25) is 0 Å². The maximum atomic E-state index is 13.3. The number of hydrogen-bond donors (Lipinski definition) is 1. The Morgan fingerprint density at radius 2 is 2.32 bits per heavy atom. The highest BCUT2D eigenvalue weighted by atomic mass is 19.3. The van der Waals surface area contributed by atoms with Crippen molar-refractivity contribution in [3.8, 4) is 0 Å². The molecule has 104 valence electrons. The van der Waals surface area contributed by atoms with E-state index < -0.39 is 23.4 Å². The highest BCUT2D eigenvalue weighted by Gasteiger charge is 2.37. The molecule has 1 N–H and O–H groups in total. The molecule has 1 aliphatic rings. The van der Waals surface area contributed by atoms with Crippen molar-refractivity contribution in [1.82, 2.24) is 9.97 Å². The minimum atomic E-state index is -2.72. The van der Waals surface area contributed by atoms with Crippen molar-refractivity contribution in [2.45, 2.75) is 37.5 Å². The zero-order chi connectivity index (χ0) is 14.0. The predicted octanol–water partition coefficient (Wildman–Crippen LogP) is 1.85. The summed E-state index contributed by atoms with van der Waals surface area (Å²) in [7, 11) is 1.15. The molecule has 1 atom stereocenters. The van der Waals surface area contributed by atoms with Gasteiger partial charge in [0.15, 0.2) is 0 Å². The van der Waals surface area contributed by atoms with Gasteiger partial charge < -0.3 is 9.72 Å². The molecule has 0 amide bonds. The summed E-state index contributed by atoms with van der Waals surface area (Å²) in [5, 5.41) is 0. The first-order chi connectivity index (χ1) is 8.93. The van der Waals surface area contributed by atoms with Crippen molar-refractivity contribution in [3.05, 3.63) is 27.9 Å². The molecule has 0 aliphatic heterocycles. The smallest absolute Gasteiger partial charge is 0.345 e. The Morgan fingerprint density at radius 3 is 2.89 bits per heavy atom. The third-order valence-corrected chi connectivity index (χ3v) is 3.25. The van der Waals surface area contributed by atoms with E-state index in [1.54, 1.807) is 0 Å². The second kappa shape index (κ2) is 5.07. The van der Waals surface area contributed by atoms with E-state index in [4.69, 9.17) is 0 Å². The summed E-state index contributed by atoms with van der Waals surface area (Å²) < 4.78 is 31.0. The fourth-order valence-electron chi connectivity index (χ4n) is 2.28. The molecule has 0 saturated heterocycles. The van der Waals surface area contributed by atoms with Crippen LogP contribution in [-0.4, -0.2) is 29.0 Å². The molecule has 1 saturated carbocycles. The number of ether oxygens (including phenoxy) is 1. The van der Waals surface area contributed by atoms with Gasteiger partial charge in [0.05, 0.1) is 7.11 Å². The number of H-pyrrole nitrogens is 1. The highest BCUT2D eigenvalue weighted by molar-refractivity contribution is 5.88. The molecular weight excluding hydrogens is 258 g/mol. The van der Waals surface area contributed by atoms with Crippen molar-refractivity contribution in [3.63, 3.8) is 0 Å². The summed E-state index contributed by atoms with van der Waals surface area (Å²) in [6, 6.07) is 0. The first-order valence-corrected chi connectivity index (χ1v) is 5.98. The van der Waals surface area contributed by atoms with Crippen LogP contribution in [-0.2, 0) is 4.74 Å². The van der Waals surface area contributed by atoms with Crippen LogP contribution in [0.1, 0.15) is 47.8 Å². The monoisotopic (exact) mass is 272 g/mol. The van der Waals surface area contributed by atoms with Crippen LogP contribution in [0.25, 0.3) is 0 Å². The number of methoxy groups -OCH3 is 1. The number of esters is 1. The number of aromatic nitrogens is 2. The summed E-state index contributed by atoms with van der Waals surface area (Å²) in [6.07, 6.45) is 1.56. The van der Waals surface area contributed by atoms with E-state index in [-0.39, 0.29) is 24.2 Å². The molecule has 7 heteroatoms. The number of carbonyl (C=O) groups is 1. The topological polar surface area (TPSA) is 72.0 Å². The number of rotatable bonds is 2. The number of halogens is 2. The highest BCUT2D eigenvalue weighted by Crippen LogP contribution is 2.40. The van der Waals surface area contributed by atoms with Crippen molar-refractivity contribution < 1.29 is 18.3 Å². The number of aromatic amines is 1. The van der Waals surface area contributed by atoms with Gasteiger partial charge in [0.25, 0.3) is 5.56 Å². The number of alkyl halides is 2. The van der Waals surface area contributed by atoms with Crippen molar-refractivity contribution in [2.24, 2.45) is 0 Å². The molecule has 1 aromatic heterocycles. The minimum Gasteiger partial charge on any atom is -0.465 e. The molecule has 2 rings (SSSR count). The lowest BCUT2D eigenvalue weighted by Crippen LogP contribution is -2.28. The first kappa shape index (κ1) is 13.6. The maximum Gasteiger partial charge on any atom is 0.345 e. The normalized spacial score (nSPS) is 21.9. The van der Waals surface area contributed by atoms with Gasteiger partial charge in [0, 0.05) is 25.0 Å². The Labute approximate surface area is 108 Å². The second-order valence-electron chi connectivity index (χ2n) is 4.65. The van der Waals surface area contributed by atoms with E-state index in [9.17, 15) is 18.4 Å². The van der Waals surface area contributed by atoms with Crippen LogP contribution in [0.4, 0.5) is 8.78 Å². The molecule has 5 nitrogen and oxygen atoms in total. The molecule has 1 unspecified atom stereocenters. The molecule has 0 aromatic carbocycles. The number of hydrogen-bond acceptors (Lipinski definition) is 4. The molecule has 19 heavy (non-hydrogen) atoms. The van der Waals surface area contributed by atoms with Gasteiger partial charge in [0.2, 0.25) is 5.92 Å². The first-order valence-electron chi connectivity index (χ1n) is 5.98. The van der Waals surface area contributed by atoms with E-state index in [0.29, 0.717) is 12.8 Å². The Kier molecular flexibility index (Phi) is 3.64. The van der Waals surface area contributed by atoms with Crippen molar-refractivity contribution >= 4 is 5.97 Å². The zero-order valence-corrected chi connectivity index (χ0v) is 10.4. The third kappa shape index (κ3) is 2.97. The van der Waals surface area contributed by atoms with Gasteiger partial charge in [-0.05, 0) is 12.8 Å². The van der Waals surface area contributed by atoms with Gasteiger partial charge in [-0.25, -0.2) is 18.6 Å². The second-order valence-corrected chi connectivity index (χ2v) is 4.65. The van der Waals surface area contributed by atoms with Crippen LogP contribution >= 0.6 is 0 Å². The lowest BCUT2D eigenvalue weighted by atomic mass is 9.86. The molecule has 1 aromatic rings. The Balaban J connectivity index is 2.25. The Morgan fingerprint density at radius 1 is 1.58 bits per heavy atom. The van der Waals surface area contributed by atoms with Gasteiger partial charge in [-0.1, -0.05) is 0 Å². The van der Waals surface area contributed by atoms with E-state index in [1.165, 1.54) is 0 Å². The summed E-state index contributed by atoms with van der Waals surface area (Å²) in [5.74, 6) is -3.79. The van der Waals surface area contributed by atoms with E-state index in [0.717, 1.165) is 13.3 Å². The Hall–Kier alpha value is -1.79. The van der Waals surface area contributed by atoms with Crippen molar-refractivity contribution in [1.29, 1.82) is 0 Å². The van der Waals surface area contributed by atoms with Crippen LogP contribution in [0.5, 0.6) is 0 Å². The number of nitrogens with zero attached hydrogens (tertiary/aromatic N) is 1. The fourth-order valence-corrected chi connectivity index (χ4v) is 2.28. The van der Waals surface area contributed by atoms with Gasteiger partial charge >= 0.3 is 5.97 Å². The average Bonchev–Trinajstić information content (AvgIpc) is 2.36. The molecule has 0 radical (unpaired) electrons. The zero-order valence-electron chi connectivity index (χ0n) is 10.4. The summed E-state index contributed by atoms with van der Waals surface area (Å²) in [4.78, 5) is 29.2. The maximum absolute atomic E-state index is 13.3. The SMILES string of the molecule is COC(=O)c1cnc(C2CCCC(F)(F)C2)[nH]c1=O.